The molecule has 0 spiro atoms. The van der Waals surface area contributed by atoms with Gasteiger partial charge in [-0.3, -0.25) is 9.69 Å². The average molecular weight is 451 g/mol. The molecule has 0 aliphatic carbocycles. The van der Waals surface area contributed by atoms with Crippen molar-refractivity contribution in [1.82, 2.24) is 14.6 Å². The van der Waals surface area contributed by atoms with E-state index in [9.17, 15) is 24.2 Å². The van der Waals surface area contributed by atoms with Crippen LogP contribution in [0.1, 0.15) is 46.4 Å². The number of carbonyl (C=O) groups is 2. The molecule has 33 heavy (non-hydrogen) atoms. The highest BCUT2D eigenvalue weighted by molar-refractivity contribution is 5.96. The number of hydrogen-bond donors (Lipinski definition) is 2. The largest absolute Gasteiger partial charge is 0.480 e. The smallest absolute Gasteiger partial charge is 0.335 e. The number of likely N-dealkylation sites (tertiary alicyclic amines) is 1. The first-order chi connectivity index (χ1) is 15.8. The highest BCUT2D eigenvalue weighted by atomic mass is 19.1. The first kappa shape index (κ1) is 21.1. The van der Waals surface area contributed by atoms with Gasteiger partial charge in [-0.1, -0.05) is 11.2 Å². The summed E-state index contributed by atoms with van der Waals surface area (Å²) < 4.78 is 20.5. The van der Waals surface area contributed by atoms with Crippen LogP contribution in [0.3, 0.4) is 0 Å². The fourth-order valence-corrected chi connectivity index (χ4v) is 4.91. The van der Waals surface area contributed by atoms with E-state index in [0.717, 1.165) is 16.5 Å². The normalized spacial score (nSPS) is 16.4. The summed E-state index contributed by atoms with van der Waals surface area (Å²) in [5.74, 6) is -2.27. The molecule has 1 saturated heterocycles. The summed E-state index contributed by atoms with van der Waals surface area (Å²) in [6, 6.07) is 8.26. The van der Waals surface area contributed by atoms with Gasteiger partial charge in [-0.2, -0.15) is 0 Å². The Morgan fingerprint density at radius 3 is 2.55 bits per heavy atom. The Balaban J connectivity index is 1.41. The molecule has 5 rings (SSSR count). The fourth-order valence-electron chi connectivity index (χ4n) is 4.91. The molecule has 0 bridgehead atoms. The molecular weight excluding hydrogens is 429 g/mol. The van der Waals surface area contributed by atoms with Crippen LogP contribution in [0.25, 0.3) is 21.9 Å². The number of aromatic nitrogens is 2. The standard InChI is InChI=1S/C24H22FN3O5/c1-27-12-18(16-4-2-14(23(29)30)10-19(16)27)22(24(31)32)28-8-6-13(7-9-28)21-17-5-3-15(25)11-20(17)33-26-21/h2-5,10-13,22H,6-9H2,1H3,(H,29,30)(H,31,32)/t22-/m0/s1. The molecule has 2 aromatic heterocycles. The molecule has 0 amide bonds. The molecule has 1 fully saturated rings. The van der Waals surface area contributed by atoms with Crippen LogP contribution in [-0.4, -0.2) is 49.9 Å². The minimum absolute atomic E-state index is 0.0908. The zero-order valence-corrected chi connectivity index (χ0v) is 17.9. The number of halogens is 1. The van der Waals surface area contributed by atoms with E-state index in [0.29, 0.717) is 42.6 Å². The first-order valence-corrected chi connectivity index (χ1v) is 10.7. The van der Waals surface area contributed by atoms with E-state index >= 15 is 0 Å². The molecule has 9 heteroatoms. The van der Waals surface area contributed by atoms with E-state index in [2.05, 4.69) is 5.16 Å². The van der Waals surface area contributed by atoms with Crippen LogP contribution in [-0.2, 0) is 11.8 Å². The maximum atomic E-state index is 13.5. The quantitative estimate of drug-likeness (QED) is 0.469. The topological polar surface area (TPSA) is 109 Å². The summed E-state index contributed by atoms with van der Waals surface area (Å²) in [7, 11) is 1.78. The van der Waals surface area contributed by atoms with Gasteiger partial charge < -0.3 is 19.3 Å². The lowest BCUT2D eigenvalue weighted by molar-refractivity contribution is -0.144. The van der Waals surface area contributed by atoms with Crippen molar-refractivity contribution in [1.29, 1.82) is 0 Å². The maximum Gasteiger partial charge on any atom is 0.335 e. The van der Waals surface area contributed by atoms with Crippen LogP contribution in [0, 0.1) is 5.82 Å². The van der Waals surface area contributed by atoms with Crippen molar-refractivity contribution in [2.45, 2.75) is 24.8 Å². The lowest BCUT2D eigenvalue weighted by Gasteiger charge is -2.35. The Morgan fingerprint density at radius 2 is 1.85 bits per heavy atom. The number of hydrogen-bond acceptors (Lipinski definition) is 5. The van der Waals surface area contributed by atoms with Crippen molar-refractivity contribution in [3.05, 3.63) is 65.2 Å². The van der Waals surface area contributed by atoms with Gasteiger partial charge in [0.15, 0.2) is 5.58 Å². The first-order valence-electron chi connectivity index (χ1n) is 10.7. The Hall–Kier alpha value is -3.72. The van der Waals surface area contributed by atoms with Crippen molar-refractivity contribution in [2.75, 3.05) is 13.1 Å². The van der Waals surface area contributed by atoms with Gasteiger partial charge in [0.2, 0.25) is 0 Å². The number of aliphatic carboxylic acids is 1. The average Bonchev–Trinajstić information content (AvgIpc) is 3.35. The van der Waals surface area contributed by atoms with Gasteiger partial charge in [0.25, 0.3) is 0 Å². The molecule has 1 aliphatic rings. The number of benzene rings is 2. The number of piperidine rings is 1. The molecule has 8 nitrogen and oxygen atoms in total. The van der Waals surface area contributed by atoms with E-state index in [1.54, 1.807) is 36.0 Å². The summed E-state index contributed by atoms with van der Waals surface area (Å²) in [5, 5.41) is 25.1. The Kier molecular flexibility index (Phi) is 5.13. The number of fused-ring (bicyclic) bond motifs is 2. The second-order valence-corrected chi connectivity index (χ2v) is 8.49. The zero-order valence-electron chi connectivity index (χ0n) is 17.9. The molecule has 3 heterocycles. The molecule has 1 atom stereocenters. The molecule has 0 saturated carbocycles. The number of carboxylic acid groups (broad SMARTS) is 2. The lowest BCUT2D eigenvalue weighted by Crippen LogP contribution is -2.39. The third kappa shape index (κ3) is 3.64. The summed E-state index contributed by atoms with van der Waals surface area (Å²) in [4.78, 5) is 25.6. The van der Waals surface area contributed by atoms with Crippen molar-refractivity contribution in [3.8, 4) is 0 Å². The Bertz CT molecular complexity index is 1380. The van der Waals surface area contributed by atoms with Crippen LogP contribution in [0.15, 0.2) is 47.1 Å². The Morgan fingerprint density at radius 1 is 1.12 bits per heavy atom. The number of rotatable bonds is 5. The van der Waals surface area contributed by atoms with Crippen LogP contribution in [0.4, 0.5) is 4.39 Å². The Labute approximate surface area is 187 Å². The van der Waals surface area contributed by atoms with Crippen molar-refractivity contribution in [3.63, 3.8) is 0 Å². The van der Waals surface area contributed by atoms with Gasteiger partial charge in [-0.05, 0) is 50.2 Å². The van der Waals surface area contributed by atoms with Crippen molar-refractivity contribution >= 4 is 33.8 Å². The van der Waals surface area contributed by atoms with Gasteiger partial charge in [0.1, 0.15) is 11.9 Å². The van der Waals surface area contributed by atoms with Crippen molar-refractivity contribution < 1.29 is 28.7 Å². The molecule has 0 unspecified atom stereocenters. The lowest BCUT2D eigenvalue weighted by atomic mass is 9.90. The SMILES string of the molecule is Cn1cc([C@@H](C(=O)O)N2CCC(c3noc4cc(F)ccc34)CC2)c2ccc(C(=O)O)cc21. The number of carboxylic acids is 2. The predicted octanol–water partition coefficient (Wildman–Crippen LogP) is 4.16. The summed E-state index contributed by atoms with van der Waals surface area (Å²) in [6.45, 7) is 1.08. The van der Waals surface area contributed by atoms with Gasteiger partial charge in [0, 0.05) is 47.1 Å². The maximum absolute atomic E-state index is 13.5. The van der Waals surface area contributed by atoms with Crippen LogP contribution in [0.5, 0.6) is 0 Å². The minimum atomic E-state index is -1.03. The summed E-state index contributed by atoms with van der Waals surface area (Å²) in [5.41, 5.74) is 2.66. The summed E-state index contributed by atoms with van der Waals surface area (Å²) >= 11 is 0. The molecule has 1 aliphatic heterocycles. The highest BCUT2D eigenvalue weighted by Crippen LogP contribution is 2.37. The van der Waals surface area contributed by atoms with Crippen molar-refractivity contribution in [2.24, 2.45) is 7.05 Å². The molecule has 4 aromatic rings. The van der Waals surface area contributed by atoms with E-state index < -0.39 is 18.0 Å². The third-order valence-electron chi connectivity index (χ3n) is 6.54. The van der Waals surface area contributed by atoms with Crippen LogP contribution < -0.4 is 0 Å². The highest BCUT2D eigenvalue weighted by Gasteiger charge is 2.34. The molecule has 0 radical (unpaired) electrons. The van der Waals surface area contributed by atoms with E-state index in [4.69, 9.17) is 4.52 Å². The fraction of sp³-hybridized carbons (Fsp3) is 0.292. The minimum Gasteiger partial charge on any atom is -0.480 e. The zero-order chi connectivity index (χ0) is 23.3. The third-order valence-corrected chi connectivity index (χ3v) is 6.54. The van der Waals surface area contributed by atoms with E-state index in [1.807, 2.05) is 4.90 Å². The van der Waals surface area contributed by atoms with Gasteiger partial charge in [-0.15, -0.1) is 0 Å². The molecule has 2 aromatic carbocycles. The second kappa shape index (κ2) is 8.00. The second-order valence-electron chi connectivity index (χ2n) is 8.49. The predicted molar refractivity (Wildman–Crippen MR) is 118 cm³/mol. The van der Waals surface area contributed by atoms with Crippen LogP contribution in [0.2, 0.25) is 0 Å². The molecule has 2 N–H and O–H groups in total. The monoisotopic (exact) mass is 451 g/mol. The van der Waals surface area contributed by atoms with Gasteiger partial charge in [-0.25, -0.2) is 9.18 Å². The van der Waals surface area contributed by atoms with Gasteiger partial charge >= 0.3 is 11.9 Å². The number of nitrogens with zero attached hydrogens (tertiary/aromatic N) is 3. The number of aromatic carboxylic acids is 1. The summed E-state index contributed by atoms with van der Waals surface area (Å²) in [6.07, 6.45) is 3.15. The molecule has 170 valence electrons. The van der Waals surface area contributed by atoms with Gasteiger partial charge in [0.05, 0.1) is 11.3 Å². The number of aryl methyl sites for hydroxylation is 1. The van der Waals surface area contributed by atoms with Crippen LogP contribution >= 0.6 is 0 Å². The van der Waals surface area contributed by atoms with E-state index in [1.165, 1.54) is 18.2 Å². The molecular formula is C24H22FN3O5. The van der Waals surface area contributed by atoms with E-state index in [-0.39, 0.29) is 17.3 Å².